The highest BCUT2D eigenvalue weighted by atomic mass is 32.1. The molecule has 5 heteroatoms. The molecule has 0 bridgehead atoms. The van der Waals surface area contributed by atoms with E-state index in [1.165, 1.54) is 5.52 Å². The van der Waals surface area contributed by atoms with Gasteiger partial charge < -0.3 is 9.88 Å². The second kappa shape index (κ2) is 5.50. The van der Waals surface area contributed by atoms with Crippen LogP contribution < -0.4 is 5.32 Å². The van der Waals surface area contributed by atoms with Crippen LogP contribution in [0.15, 0.2) is 35.8 Å². The van der Waals surface area contributed by atoms with Gasteiger partial charge in [0.25, 0.3) is 0 Å². The van der Waals surface area contributed by atoms with E-state index in [4.69, 9.17) is 0 Å². The molecule has 0 saturated carbocycles. The van der Waals surface area contributed by atoms with E-state index >= 15 is 0 Å². The third-order valence-corrected chi connectivity index (χ3v) is 3.87. The highest BCUT2D eigenvalue weighted by Crippen LogP contribution is 2.15. The topological polar surface area (TPSA) is 42.7 Å². The number of aryl methyl sites for hydroxylation is 1. The molecule has 2 heterocycles. The molecule has 98 valence electrons. The predicted octanol–water partition coefficient (Wildman–Crippen LogP) is 2.80. The number of para-hydroxylation sites is 2. The van der Waals surface area contributed by atoms with Crippen molar-refractivity contribution in [3.63, 3.8) is 0 Å². The van der Waals surface area contributed by atoms with E-state index in [1.807, 2.05) is 17.6 Å². The lowest BCUT2D eigenvalue weighted by Crippen LogP contribution is -2.16. The number of hydrogen-bond acceptors (Lipinski definition) is 4. The molecular weight excluding hydrogens is 256 g/mol. The number of hydrogen-bond donors (Lipinski definition) is 1. The first-order valence-corrected chi connectivity index (χ1v) is 7.29. The van der Waals surface area contributed by atoms with Crippen molar-refractivity contribution in [3.05, 3.63) is 46.7 Å². The van der Waals surface area contributed by atoms with Crippen LogP contribution in [-0.4, -0.2) is 14.5 Å². The van der Waals surface area contributed by atoms with Gasteiger partial charge in [-0.05, 0) is 19.1 Å². The van der Waals surface area contributed by atoms with E-state index in [-0.39, 0.29) is 0 Å². The minimum Gasteiger partial charge on any atom is -0.327 e. The molecule has 0 aliphatic carbocycles. The molecular formula is C14H16N4S. The fourth-order valence-corrected chi connectivity index (χ4v) is 2.82. The van der Waals surface area contributed by atoms with Crippen molar-refractivity contribution in [1.82, 2.24) is 19.9 Å². The molecule has 0 fully saturated rings. The van der Waals surface area contributed by atoms with Gasteiger partial charge in [-0.3, -0.25) is 0 Å². The second-order valence-corrected chi connectivity index (χ2v) is 5.27. The standard InChI is InChI=1S/C14H16N4S/c1-2-18-12-6-4-3-5-11(12)17-13(18)9-15-10-14-16-7-8-19-14/h3-8,15H,2,9-10H2,1H3. The third-order valence-electron chi connectivity index (χ3n) is 3.09. The van der Waals surface area contributed by atoms with Crippen LogP contribution in [-0.2, 0) is 19.6 Å². The van der Waals surface area contributed by atoms with E-state index < -0.39 is 0 Å². The van der Waals surface area contributed by atoms with Crippen LogP contribution in [0.4, 0.5) is 0 Å². The van der Waals surface area contributed by atoms with Crippen LogP contribution in [0.3, 0.4) is 0 Å². The minimum absolute atomic E-state index is 0.766. The quantitative estimate of drug-likeness (QED) is 0.776. The molecule has 1 N–H and O–H groups in total. The van der Waals surface area contributed by atoms with Crippen LogP contribution in [0.1, 0.15) is 17.8 Å². The maximum Gasteiger partial charge on any atom is 0.123 e. The molecule has 2 aromatic heterocycles. The Balaban J connectivity index is 1.76. The van der Waals surface area contributed by atoms with Crippen molar-refractivity contribution in [3.8, 4) is 0 Å². The zero-order chi connectivity index (χ0) is 13.1. The molecule has 0 saturated heterocycles. The lowest BCUT2D eigenvalue weighted by Gasteiger charge is -2.06. The van der Waals surface area contributed by atoms with Crippen LogP contribution in [0.2, 0.25) is 0 Å². The average Bonchev–Trinajstić information content (AvgIpc) is 3.05. The van der Waals surface area contributed by atoms with Gasteiger partial charge in [-0.2, -0.15) is 0 Å². The molecule has 0 spiro atoms. The molecule has 3 aromatic rings. The molecule has 1 aromatic carbocycles. The van der Waals surface area contributed by atoms with Crippen molar-refractivity contribution in [2.75, 3.05) is 0 Å². The minimum atomic E-state index is 0.766. The summed E-state index contributed by atoms with van der Waals surface area (Å²) in [5.74, 6) is 1.08. The summed E-state index contributed by atoms with van der Waals surface area (Å²) < 4.78 is 2.25. The number of imidazole rings is 1. The summed E-state index contributed by atoms with van der Waals surface area (Å²) in [5, 5.41) is 6.51. The number of nitrogens with zero attached hydrogens (tertiary/aromatic N) is 3. The molecule has 0 atom stereocenters. The van der Waals surface area contributed by atoms with Gasteiger partial charge in [-0.1, -0.05) is 12.1 Å². The van der Waals surface area contributed by atoms with Crippen LogP contribution in [0, 0.1) is 0 Å². The fraction of sp³-hybridized carbons (Fsp3) is 0.286. The number of nitrogens with one attached hydrogen (secondary N) is 1. The Morgan fingerprint density at radius 2 is 2.16 bits per heavy atom. The summed E-state index contributed by atoms with van der Waals surface area (Å²) in [6.45, 7) is 4.65. The molecule has 3 rings (SSSR count). The molecule has 0 aliphatic rings. The molecule has 19 heavy (non-hydrogen) atoms. The fourth-order valence-electron chi connectivity index (χ4n) is 2.23. The monoisotopic (exact) mass is 272 g/mol. The molecule has 4 nitrogen and oxygen atoms in total. The van der Waals surface area contributed by atoms with E-state index in [2.05, 4.69) is 45.0 Å². The molecule has 0 aliphatic heterocycles. The first-order chi connectivity index (χ1) is 9.38. The van der Waals surface area contributed by atoms with E-state index in [0.29, 0.717) is 0 Å². The van der Waals surface area contributed by atoms with Crippen LogP contribution >= 0.6 is 11.3 Å². The second-order valence-electron chi connectivity index (χ2n) is 4.29. The summed E-state index contributed by atoms with van der Waals surface area (Å²) >= 11 is 1.67. The average molecular weight is 272 g/mol. The largest absolute Gasteiger partial charge is 0.327 e. The number of fused-ring (bicyclic) bond motifs is 1. The zero-order valence-electron chi connectivity index (χ0n) is 10.8. The number of rotatable bonds is 5. The summed E-state index contributed by atoms with van der Waals surface area (Å²) in [5.41, 5.74) is 2.27. The molecule has 0 unspecified atom stereocenters. The van der Waals surface area contributed by atoms with Gasteiger partial charge in [0.1, 0.15) is 10.8 Å². The van der Waals surface area contributed by atoms with Gasteiger partial charge in [-0.25, -0.2) is 9.97 Å². The first kappa shape index (κ1) is 12.3. The highest BCUT2D eigenvalue weighted by molar-refractivity contribution is 7.09. The van der Waals surface area contributed by atoms with E-state index in [9.17, 15) is 0 Å². The lowest BCUT2D eigenvalue weighted by atomic mass is 10.3. The SMILES string of the molecule is CCn1c(CNCc2nccs2)nc2ccccc21. The zero-order valence-corrected chi connectivity index (χ0v) is 11.7. The smallest absolute Gasteiger partial charge is 0.123 e. The van der Waals surface area contributed by atoms with Crippen molar-refractivity contribution >= 4 is 22.4 Å². The van der Waals surface area contributed by atoms with Crippen LogP contribution in [0.5, 0.6) is 0 Å². The highest BCUT2D eigenvalue weighted by Gasteiger charge is 2.08. The van der Waals surface area contributed by atoms with E-state index in [1.54, 1.807) is 11.3 Å². The van der Waals surface area contributed by atoms with Crippen LogP contribution in [0.25, 0.3) is 11.0 Å². The number of aromatic nitrogens is 3. The predicted molar refractivity (Wildman–Crippen MR) is 78.1 cm³/mol. The Kier molecular flexibility index (Phi) is 3.57. The van der Waals surface area contributed by atoms with Crippen molar-refractivity contribution in [2.45, 2.75) is 26.6 Å². The Morgan fingerprint density at radius 1 is 1.26 bits per heavy atom. The van der Waals surface area contributed by atoms with Gasteiger partial charge in [-0.15, -0.1) is 11.3 Å². The summed E-state index contributed by atoms with van der Waals surface area (Å²) in [6, 6.07) is 8.27. The normalized spacial score (nSPS) is 11.2. The summed E-state index contributed by atoms with van der Waals surface area (Å²) in [6.07, 6.45) is 1.84. The Morgan fingerprint density at radius 3 is 2.95 bits per heavy atom. The van der Waals surface area contributed by atoms with Gasteiger partial charge >= 0.3 is 0 Å². The Labute approximate surface area is 116 Å². The van der Waals surface area contributed by atoms with Gasteiger partial charge in [0.05, 0.1) is 17.6 Å². The lowest BCUT2D eigenvalue weighted by molar-refractivity contribution is 0.619. The molecule has 0 radical (unpaired) electrons. The van der Waals surface area contributed by atoms with Crippen molar-refractivity contribution in [2.24, 2.45) is 0 Å². The Hall–Kier alpha value is -1.72. The Bertz CT molecular complexity index is 657. The van der Waals surface area contributed by atoms with E-state index in [0.717, 1.165) is 36.0 Å². The maximum atomic E-state index is 4.69. The van der Waals surface area contributed by atoms with Crippen molar-refractivity contribution < 1.29 is 0 Å². The first-order valence-electron chi connectivity index (χ1n) is 6.41. The van der Waals surface area contributed by atoms with Crippen molar-refractivity contribution in [1.29, 1.82) is 0 Å². The third kappa shape index (κ3) is 2.52. The molecule has 0 amide bonds. The van der Waals surface area contributed by atoms with Gasteiger partial charge in [0.2, 0.25) is 0 Å². The van der Waals surface area contributed by atoms with Gasteiger partial charge in [0, 0.05) is 24.7 Å². The number of thiazole rings is 1. The summed E-state index contributed by atoms with van der Waals surface area (Å²) in [7, 11) is 0. The van der Waals surface area contributed by atoms with Gasteiger partial charge in [0.15, 0.2) is 0 Å². The maximum absolute atomic E-state index is 4.69. The summed E-state index contributed by atoms with van der Waals surface area (Å²) in [4.78, 5) is 8.95. The number of benzene rings is 1.